The normalized spacial score (nSPS) is 11.4. The lowest BCUT2D eigenvalue weighted by atomic mass is 10.2. The Kier molecular flexibility index (Phi) is 8.84. The highest BCUT2D eigenvalue weighted by Crippen LogP contribution is 2.33. The summed E-state index contributed by atoms with van der Waals surface area (Å²) < 4.78 is 66.9. The van der Waals surface area contributed by atoms with E-state index in [1.165, 1.54) is 50.6 Å². The van der Waals surface area contributed by atoms with E-state index in [9.17, 15) is 21.6 Å². The zero-order valence-electron chi connectivity index (χ0n) is 22.6. The highest BCUT2D eigenvalue weighted by molar-refractivity contribution is 7.93. The number of carbonyl (C=O) groups excluding carboxylic acids is 1. The standard InChI is InChI=1S/C29H29N3O7S2/c1-21-9-18-28(39-3)27(19-21)32(41(36,37)26-7-5-4-6-8-26)20-29(33)30-22-12-16-25(17-13-22)40(34,35)31-23-10-14-24(38-2)15-11-23/h4-19,31H,20H2,1-3H3,(H,30,33). The highest BCUT2D eigenvalue weighted by atomic mass is 32.2. The van der Waals surface area contributed by atoms with Crippen molar-refractivity contribution in [2.75, 3.05) is 35.1 Å². The van der Waals surface area contributed by atoms with E-state index in [1.807, 2.05) is 0 Å². The topological polar surface area (TPSA) is 131 Å². The zero-order chi connectivity index (χ0) is 29.6. The molecule has 0 radical (unpaired) electrons. The SMILES string of the molecule is COc1ccc(NS(=O)(=O)c2ccc(NC(=O)CN(c3cc(C)ccc3OC)S(=O)(=O)c3ccccc3)cc2)cc1. The van der Waals surface area contributed by atoms with Gasteiger partial charge in [0.2, 0.25) is 5.91 Å². The van der Waals surface area contributed by atoms with E-state index >= 15 is 0 Å². The first-order valence-corrected chi connectivity index (χ1v) is 15.2. The largest absolute Gasteiger partial charge is 0.497 e. The van der Waals surface area contributed by atoms with Gasteiger partial charge >= 0.3 is 0 Å². The van der Waals surface area contributed by atoms with Gasteiger partial charge in [-0.3, -0.25) is 13.8 Å². The number of ether oxygens (including phenoxy) is 2. The van der Waals surface area contributed by atoms with E-state index in [0.29, 0.717) is 11.4 Å². The Morgan fingerprint density at radius 3 is 2.00 bits per heavy atom. The van der Waals surface area contributed by atoms with Crippen molar-refractivity contribution in [3.8, 4) is 11.5 Å². The summed E-state index contributed by atoms with van der Waals surface area (Å²) in [6, 6.07) is 24.7. The molecule has 4 aromatic carbocycles. The minimum Gasteiger partial charge on any atom is -0.497 e. The molecule has 12 heteroatoms. The molecular weight excluding hydrogens is 566 g/mol. The third kappa shape index (κ3) is 6.97. The summed E-state index contributed by atoms with van der Waals surface area (Å²) >= 11 is 0. The number of sulfonamides is 2. The maximum absolute atomic E-state index is 13.7. The fourth-order valence-electron chi connectivity index (χ4n) is 3.94. The Hall–Kier alpha value is -4.55. The average Bonchev–Trinajstić information content (AvgIpc) is 2.97. The molecule has 0 aliphatic carbocycles. The highest BCUT2D eigenvalue weighted by Gasteiger charge is 2.29. The number of carbonyl (C=O) groups is 1. The van der Waals surface area contributed by atoms with Crippen LogP contribution in [0.2, 0.25) is 0 Å². The van der Waals surface area contributed by atoms with Crippen molar-refractivity contribution in [1.82, 2.24) is 0 Å². The van der Waals surface area contributed by atoms with Gasteiger partial charge in [-0.1, -0.05) is 24.3 Å². The van der Waals surface area contributed by atoms with Crippen molar-refractivity contribution >= 4 is 43.0 Å². The number of amides is 1. The molecule has 41 heavy (non-hydrogen) atoms. The number of hydrogen-bond donors (Lipinski definition) is 2. The van der Waals surface area contributed by atoms with E-state index in [2.05, 4.69) is 10.0 Å². The summed E-state index contributed by atoms with van der Waals surface area (Å²) in [5, 5.41) is 2.64. The average molecular weight is 596 g/mol. The van der Waals surface area contributed by atoms with Gasteiger partial charge in [0.15, 0.2) is 0 Å². The molecule has 0 aromatic heterocycles. The number of hydrogen-bond acceptors (Lipinski definition) is 7. The van der Waals surface area contributed by atoms with Crippen molar-refractivity contribution in [2.45, 2.75) is 16.7 Å². The van der Waals surface area contributed by atoms with Crippen LogP contribution in [-0.4, -0.2) is 43.5 Å². The van der Waals surface area contributed by atoms with Crippen LogP contribution in [0.5, 0.6) is 11.5 Å². The van der Waals surface area contributed by atoms with Crippen molar-refractivity contribution in [2.24, 2.45) is 0 Å². The van der Waals surface area contributed by atoms with Gasteiger partial charge in [-0.25, -0.2) is 16.8 Å². The number of aryl methyl sites for hydroxylation is 1. The van der Waals surface area contributed by atoms with Crippen molar-refractivity contribution in [3.05, 3.63) is 103 Å². The van der Waals surface area contributed by atoms with Crippen LogP contribution in [0.3, 0.4) is 0 Å². The molecule has 0 saturated carbocycles. The summed E-state index contributed by atoms with van der Waals surface area (Å²) in [6.45, 7) is 1.24. The number of methoxy groups -OCH3 is 2. The maximum Gasteiger partial charge on any atom is 0.264 e. The smallest absolute Gasteiger partial charge is 0.264 e. The first-order valence-electron chi connectivity index (χ1n) is 12.3. The van der Waals surface area contributed by atoms with Gasteiger partial charge < -0.3 is 14.8 Å². The predicted octanol–water partition coefficient (Wildman–Crippen LogP) is 4.65. The minimum absolute atomic E-state index is 0.00952. The maximum atomic E-state index is 13.7. The van der Waals surface area contributed by atoms with Crippen LogP contribution in [0.15, 0.2) is 107 Å². The Morgan fingerprint density at radius 1 is 0.756 bits per heavy atom. The Morgan fingerprint density at radius 2 is 1.39 bits per heavy atom. The molecule has 0 aliphatic heterocycles. The van der Waals surface area contributed by atoms with Gasteiger partial charge in [-0.15, -0.1) is 0 Å². The van der Waals surface area contributed by atoms with Crippen molar-refractivity contribution in [3.63, 3.8) is 0 Å². The molecule has 0 unspecified atom stereocenters. The van der Waals surface area contributed by atoms with Crippen LogP contribution in [0.1, 0.15) is 5.56 Å². The summed E-state index contributed by atoms with van der Waals surface area (Å²) in [4.78, 5) is 13.1. The van der Waals surface area contributed by atoms with E-state index < -0.39 is 32.5 Å². The Bertz CT molecular complexity index is 1730. The van der Waals surface area contributed by atoms with Crippen LogP contribution in [-0.2, 0) is 24.8 Å². The van der Waals surface area contributed by atoms with Crippen LogP contribution in [0, 0.1) is 6.92 Å². The van der Waals surface area contributed by atoms with Crippen molar-refractivity contribution in [1.29, 1.82) is 0 Å². The lowest BCUT2D eigenvalue weighted by Gasteiger charge is -2.26. The lowest BCUT2D eigenvalue weighted by Crippen LogP contribution is -2.38. The first kappa shape index (κ1) is 29.4. The van der Waals surface area contributed by atoms with Crippen LogP contribution >= 0.6 is 0 Å². The third-order valence-corrected chi connectivity index (χ3v) is 9.18. The van der Waals surface area contributed by atoms with E-state index in [-0.39, 0.29) is 26.9 Å². The summed E-state index contributed by atoms with van der Waals surface area (Å²) in [6.07, 6.45) is 0. The Balaban J connectivity index is 1.55. The molecule has 0 spiro atoms. The first-order chi connectivity index (χ1) is 19.5. The van der Waals surface area contributed by atoms with Crippen molar-refractivity contribution < 1.29 is 31.1 Å². The van der Waals surface area contributed by atoms with Crippen LogP contribution in [0.25, 0.3) is 0 Å². The monoisotopic (exact) mass is 595 g/mol. The second-order valence-electron chi connectivity index (χ2n) is 8.91. The molecule has 10 nitrogen and oxygen atoms in total. The molecule has 1 amide bonds. The van der Waals surface area contributed by atoms with Crippen LogP contribution in [0.4, 0.5) is 17.1 Å². The lowest BCUT2D eigenvalue weighted by molar-refractivity contribution is -0.114. The molecule has 214 valence electrons. The fourth-order valence-corrected chi connectivity index (χ4v) is 6.44. The van der Waals surface area contributed by atoms with Gasteiger partial charge in [-0.05, 0) is 85.3 Å². The number of nitrogens with zero attached hydrogens (tertiary/aromatic N) is 1. The molecule has 0 aliphatic rings. The van der Waals surface area contributed by atoms with Gasteiger partial charge in [0.1, 0.15) is 18.0 Å². The summed E-state index contributed by atoms with van der Waals surface area (Å²) in [5.74, 6) is 0.228. The summed E-state index contributed by atoms with van der Waals surface area (Å²) in [5.41, 5.74) is 1.62. The fraction of sp³-hybridized carbons (Fsp3) is 0.138. The second kappa shape index (κ2) is 12.3. The molecular formula is C29H29N3O7S2. The van der Waals surface area contributed by atoms with Gasteiger partial charge in [0.05, 0.1) is 29.7 Å². The molecule has 0 atom stereocenters. The molecule has 4 rings (SSSR count). The molecule has 0 heterocycles. The number of nitrogens with one attached hydrogen (secondary N) is 2. The quantitative estimate of drug-likeness (QED) is 0.258. The third-order valence-electron chi connectivity index (χ3n) is 6.01. The van der Waals surface area contributed by atoms with E-state index in [1.54, 1.807) is 67.6 Å². The molecule has 0 saturated heterocycles. The molecule has 0 bridgehead atoms. The zero-order valence-corrected chi connectivity index (χ0v) is 24.2. The van der Waals surface area contributed by atoms with Gasteiger partial charge in [0, 0.05) is 11.4 Å². The van der Waals surface area contributed by atoms with E-state index in [4.69, 9.17) is 9.47 Å². The van der Waals surface area contributed by atoms with Gasteiger partial charge in [0.25, 0.3) is 20.0 Å². The van der Waals surface area contributed by atoms with Gasteiger partial charge in [-0.2, -0.15) is 0 Å². The summed E-state index contributed by atoms with van der Waals surface area (Å²) in [7, 11) is -5.12. The molecule has 4 aromatic rings. The van der Waals surface area contributed by atoms with Crippen LogP contribution < -0.4 is 23.8 Å². The second-order valence-corrected chi connectivity index (χ2v) is 12.5. The minimum atomic E-state index is -4.15. The number of rotatable bonds is 11. The molecule has 0 fully saturated rings. The van der Waals surface area contributed by atoms with E-state index in [0.717, 1.165) is 9.87 Å². The Labute approximate surface area is 239 Å². The number of benzene rings is 4. The predicted molar refractivity (Wildman–Crippen MR) is 158 cm³/mol. The molecule has 2 N–H and O–H groups in total. The number of anilines is 3.